The molecule has 0 radical (unpaired) electrons. The van der Waals surface area contributed by atoms with E-state index in [-0.39, 0.29) is 0 Å². The Labute approximate surface area is 74.6 Å². The molecule has 0 saturated carbocycles. The molecule has 0 amide bonds. The highest BCUT2D eigenvalue weighted by molar-refractivity contribution is 5.07. The SMILES string of the molecule is CCC(c1ccnn1C)C(C)C. The van der Waals surface area contributed by atoms with Crippen molar-refractivity contribution in [2.75, 3.05) is 0 Å². The summed E-state index contributed by atoms with van der Waals surface area (Å²) in [5.74, 6) is 1.35. The Morgan fingerprint density at radius 2 is 2.17 bits per heavy atom. The summed E-state index contributed by atoms with van der Waals surface area (Å²) < 4.78 is 1.98. The van der Waals surface area contributed by atoms with Crippen LogP contribution >= 0.6 is 0 Å². The summed E-state index contributed by atoms with van der Waals surface area (Å²) in [5, 5.41) is 4.18. The van der Waals surface area contributed by atoms with Crippen molar-refractivity contribution in [3.63, 3.8) is 0 Å². The maximum atomic E-state index is 4.18. The van der Waals surface area contributed by atoms with Crippen molar-refractivity contribution in [2.45, 2.75) is 33.1 Å². The highest BCUT2D eigenvalue weighted by Gasteiger charge is 2.15. The summed E-state index contributed by atoms with van der Waals surface area (Å²) in [6, 6.07) is 2.12. The maximum absolute atomic E-state index is 4.18. The molecule has 0 N–H and O–H groups in total. The zero-order valence-corrected chi connectivity index (χ0v) is 8.41. The normalized spacial score (nSPS) is 13.8. The van der Waals surface area contributed by atoms with Gasteiger partial charge in [0, 0.05) is 24.9 Å². The lowest BCUT2D eigenvalue weighted by Gasteiger charge is -2.18. The topological polar surface area (TPSA) is 17.8 Å². The van der Waals surface area contributed by atoms with E-state index in [0.29, 0.717) is 11.8 Å². The van der Waals surface area contributed by atoms with Crippen LogP contribution in [0.2, 0.25) is 0 Å². The Balaban J connectivity index is 2.87. The quantitative estimate of drug-likeness (QED) is 0.674. The molecular formula is C10H18N2. The summed E-state index contributed by atoms with van der Waals surface area (Å²) in [4.78, 5) is 0. The fourth-order valence-corrected chi connectivity index (χ4v) is 1.77. The molecule has 0 aliphatic rings. The number of nitrogens with zero attached hydrogens (tertiary/aromatic N) is 2. The molecule has 0 aliphatic heterocycles. The molecule has 2 nitrogen and oxygen atoms in total. The molecule has 0 saturated heterocycles. The van der Waals surface area contributed by atoms with Gasteiger partial charge in [-0.05, 0) is 18.4 Å². The van der Waals surface area contributed by atoms with E-state index in [1.165, 1.54) is 12.1 Å². The summed E-state index contributed by atoms with van der Waals surface area (Å²) in [6.45, 7) is 6.76. The smallest absolute Gasteiger partial charge is 0.0492 e. The molecule has 1 unspecified atom stereocenters. The van der Waals surface area contributed by atoms with Gasteiger partial charge in [-0.2, -0.15) is 5.10 Å². The number of aromatic nitrogens is 2. The average Bonchev–Trinajstić information content (AvgIpc) is 2.38. The Hall–Kier alpha value is -0.790. The maximum Gasteiger partial charge on any atom is 0.0492 e. The lowest BCUT2D eigenvalue weighted by atomic mass is 9.90. The second-order valence-electron chi connectivity index (χ2n) is 3.64. The largest absolute Gasteiger partial charge is 0.272 e. The first-order valence-electron chi connectivity index (χ1n) is 4.64. The zero-order chi connectivity index (χ0) is 9.14. The van der Waals surface area contributed by atoms with Gasteiger partial charge < -0.3 is 0 Å². The monoisotopic (exact) mass is 166 g/mol. The number of hydrogen-bond donors (Lipinski definition) is 0. The molecule has 1 heterocycles. The minimum atomic E-state index is 0.650. The summed E-state index contributed by atoms with van der Waals surface area (Å²) in [6.07, 6.45) is 3.07. The predicted molar refractivity (Wildman–Crippen MR) is 51.1 cm³/mol. The van der Waals surface area contributed by atoms with E-state index < -0.39 is 0 Å². The van der Waals surface area contributed by atoms with E-state index in [1.54, 1.807) is 0 Å². The minimum absolute atomic E-state index is 0.650. The van der Waals surface area contributed by atoms with Crippen molar-refractivity contribution in [3.8, 4) is 0 Å². The lowest BCUT2D eigenvalue weighted by molar-refractivity contribution is 0.455. The van der Waals surface area contributed by atoms with Crippen molar-refractivity contribution >= 4 is 0 Å². The van der Waals surface area contributed by atoms with E-state index in [0.717, 1.165) is 0 Å². The third-order valence-corrected chi connectivity index (χ3v) is 2.48. The first-order chi connectivity index (χ1) is 5.66. The van der Waals surface area contributed by atoms with Gasteiger partial charge in [0.25, 0.3) is 0 Å². The van der Waals surface area contributed by atoms with Crippen molar-refractivity contribution in [2.24, 2.45) is 13.0 Å². The van der Waals surface area contributed by atoms with Gasteiger partial charge in [-0.15, -0.1) is 0 Å². The van der Waals surface area contributed by atoms with Gasteiger partial charge in [0.2, 0.25) is 0 Å². The molecule has 1 rings (SSSR count). The van der Waals surface area contributed by atoms with Crippen LogP contribution in [0.1, 0.15) is 38.8 Å². The van der Waals surface area contributed by atoms with Gasteiger partial charge in [0.15, 0.2) is 0 Å². The fourth-order valence-electron chi connectivity index (χ4n) is 1.77. The molecule has 1 atom stereocenters. The van der Waals surface area contributed by atoms with E-state index in [4.69, 9.17) is 0 Å². The van der Waals surface area contributed by atoms with Crippen LogP contribution in [0.25, 0.3) is 0 Å². The van der Waals surface area contributed by atoms with Gasteiger partial charge in [-0.25, -0.2) is 0 Å². The van der Waals surface area contributed by atoms with Crippen molar-refractivity contribution in [1.29, 1.82) is 0 Å². The molecule has 0 bridgehead atoms. The molecule has 2 heteroatoms. The molecule has 1 aromatic rings. The molecule has 0 aliphatic carbocycles. The van der Waals surface area contributed by atoms with E-state index in [2.05, 4.69) is 31.9 Å². The molecular weight excluding hydrogens is 148 g/mol. The van der Waals surface area contributed by atoms with E-state index >= 15 is 0 Å². The predicted octanol–water partition coefficient (Wildman–Crippen LogP) is 2.57. The Bertz CT molecular complexity index is 238. The van der Waals surface area contributed by atoms with Crippen LogP contribution in [0.4, 0.5) is 0 Å². The first kappa shape index (κ1) is 9.30. The second kappa shape index (κ2) is 3.74. The van der Waals surface area contributed by atoms with Gasteiger partial charge in [-0.1, -0.05) is 20.8 Å². The summed E-state index contributed by atoms with van der Waals surface area (Å²) in [5.41, 5.74) is 1.35. The first-order valence-corrected chi connectivity index (χ1v) is 4.64. The highest BCUT2D eigenvalue weighted by atomic mass is 15.3. The van der Waals surface area contributed by atoms with Crippen LogP contribution in [0, 0.1) is 5.92 Å². The minimum Gasteiger partial charge on any atom is -0.272 e. The molecule has 0 aromatic carbocycles. The van der Waals surface area contributed by atoms with Crippen LogP contribution < -0.4 is 0 Å². The lowest BCUT2D eigenvalue weighted by Crippen LogP contribution is -2.10. The molecule has 0 spiro atoms. The van der Waals surface area contributed by atoms with Crippen molar-refractivity contribution in [3.05, 3.63) is 18.0 Å². The third-order valence-electron chi connectivity index (χ3n) is 2.48. The Kier molecular flexibility index (Phi) is 2.90. The number of rotatable bonds is 3. The Morgan fingerprint density at radius 1 is 1.50 bits per heavy atom. The van der Waals surface area contributed by atoms with Crippen molar-refractivity contribution < 1.29 is 0 Å². The average molecular weight is 166 g/mol. The van der Waals surface area contributed by atoms with Gasteiger partial charge in [0.05, 0.1) is 0 Å². The van der Waals surface area contributed by atoms with Gasteiger partial charge >= 0.3 is 0 Å². The zero-order valence-electron chi connectivity index (χ0n) is 8.41. The third kappa shape index (κ3) is 1.68. The Morgan fingerprint density at radius 3 is 2.50 bits per heavy atom. The van der Waals surface area contributed by atoms with Crippen LogP contribution in [0.3, 0.4) is 0 Å². The number of aryl methyl sites for hydroxylation is 1. The van der Waals surface area contributed by atoms with E-state index in [1.807, 2.05) is 17.9 Å². The van der Waals surface area contributed by atoms with E-state index in [9.17, 15) is 0 Å². The van der Waals surface area contributed by atoms with Crippen molar-refractivity contribution in [1.82, 2.24) is 9.78 Å². The summed E-state index contributed by atoms with van der Waals surface area (Å²) in [7, 11) is 2.01. The molecule has 1 aromatic heterocycles. The van der Waals surface area contributed by atoms with Crippen LogP contribution in [0.5, 0.6) is 0 Å². The van der Waals surface area contributed by atoms with Crippen LogP contribution in [-0.4, -0.2) is 9.78 Å². The summed E-state index contributed by atoms with van der Waals surface area (Å²) >= 11 is 0. The van der Waals surface area contributed by atoms with Crippen LogP contribution in [0.15, 0.2) is 12.3 Å². The van der Waals surface area contributed by atoms with Crippen LogP contribution in [-0.2, 0) is 7.05 Å². The number of hydrogen-bond acceptors (Lipinski definition) is 1. The second-order valence-corrected chi connectivity index (χ2v) is 3.64. The standard InChI is InChI=1S/C10H18N2/c1-5-9(8(2)3)10-6-7-11-12(10)4/h6-9H,5H2,1-4H3. The fraction of sp³-hybridized carbons (Fsp3) is 0.700. The molecule has 68 valence electrons. The molecule has 0 fully saturated rings. The highest BCUT2D eigenvalue weighted by Crippen LogP contribution is 2.26. The van der Waals surface area contributed by atoms with Gasteiger partial charge in [-0.3, -0.25) is 4.68 Å². The molecule has 12 heavy (non-hydrogen) atoms. The van der Waals surface area contributed by atoms with Gasteiger partial charge in [0.1, 0.15) is 0 Å².